The molecule has 0 aliphatic heterocycles. The summed E-state index contributed by atoms with van der Waals surface area (Å²) < 4.78 is 29.9. The Bertz CT molecular complexity index is 1330. The van der Waals surface area contributed by atoms with Crippen LogP contribution in [0.15, 0.2) is 60.7 Å². The van der Waals surface area contributed by atoms with Crippen LogP contribution in [0.3, 0.4) is 0 Å². The van der Waals surface area contributed by atoms with Gasteiger partial charge in [0, 0.05) is 37.0 Å². The predicted molar refractivity (Wildman–Crippen MR) is 114 cm³/mol. The van der Waals surface area contributed by atoms with Crippen molar-refractivity contribution >= 4 is 33.2 Å². The lowest BCUT2D eigenvalue weighted by atomic mass is 9.82. The van der Waals surface area contributed by atoms with Gasteiger partial charge in [-0.25, -0.2) is 0 Å². The Labute approximate surface area is 179 Å². The first-order chi connectivity index (χ1) is 14.7. The summed E-state index contributed by atoms with van der Waals surface area (Å²) in [5, 5.41) is 13.3. The lowest BCUT2D eigenvalue weighted by molar-refractivity contribution is 0.0977. The normalized spacial score (nSPS) is 13.0. The number of fused-ring (bicyclic) bond motifs is 2. The number of phenolic OH excluding ortho intramolecular Hbond substituents is 1. The first-order valence-electron chi connectivity index (χ1n) is 9.22. The quantitative estimate of drug-likeness (QED) is 0.460. The van der Waals surface area contributed by atoms with E-state index in [2.05, 4.69) is 5.32 Å². The van der Waals surface area contributed by atoms with E-state index >= 15 is 0 Å². The molecule has 0 unspecified atom stereocenters. The van der Waals surface area contributed by atoms with E-state index in [0.717, 1.165) is 4.31 Å². The highest BCUT2D eigenvalue weighted by Gasteiger charge is 2.34. The van der Waals surface area contributed by atoms with Gasteiger partial charge in [-0.15, -0.1) is 0 Å². The van der Waals surface area contributed by atoms with Crippen molar-refractivity contribution in [1.82, 2.24) is 4.31 Å². The van der Waals surface area contributed by atoms with Crippen molar-refractivity contribution in [3.05, 3.63) is 82.9 Å². The monoisotopic (exact) mass is 438 g/mol. The maximum Gasteiger partial charge on any atom is 0.384 e. The van der Waals surface area contributed by atoms with E-state index < -0.39 is 21.9 Å². The van der Waals surface area contributed by atoms with Gasteiger partial charge in [-0.2, -0.15) is 12.7 Å². The van der Waals surface area contributed by atoms with Crippen LogP contribution >= 0.6 is 0 Å². The first-order valence-corrected chi connectivity index (χ1v) is 10.6. The van der Waals surface area contributed by atoms with Gasteiger partial charge < -0.3 is 14.6 Å². The molecule has 31 heavy (non-hydrogen) atoms. The van der Waals surface area contributed by atoms with Crippen LogP contribution in [0.2, 0.25) is 0 Å². The fourth-order valence-electron chi connectivity index (χ4n) is 3.29. The standard InChI is InChI=1S/C22H18N2O6S/c1-24(2)31(28,29)30-14-7-5-6-13(12-14)23-17-10-11-18(25)20-19(17)21(26)15-8-3-4-9-16(15)22(20)27/h3-12,23,25H,1-2H3. The Kier molecular flexibility index (Phi) is 5.00. The topological polar surface area (TPSA) is 113 Å². The largest absolute Gasteiger partial charge is 0.507 e. The highest BCUT2D eigenvalue weighted by atomic mass is 32.2. The molecule has 158 valence electrons. The summed E-state index contributed by atoms with van der Waals surface area (Å²) in [6, 6.07) is 15.4. The van der Waals surface area contributed by atoms with E-state index in [1.54, 1.807) is 36.4 Å². The molecule has 3 aromatic rings. The summed E-state index contributed by atoms with van der Waals surface area (Å²) in [5.41, 5.74) is 1.19. The number of hydrogen-bond acceptors (Lipinski definition) is 7. The zero-order valence-corrected chi connectivity index (χ0v) is 17.4. The number of nitrogens with one attached hydrogen (secondary N) is 1. The van der Waals surface area contributed by atoms with Crippen molar-refractivity contribution in [2.75, 3.05) is 19.4 Å². The SMILES string of the molecule is CN(C)S(=O)(=O)Oc1cccc(Nc2ccc(O)c3c2C(=O)c2ccccc2C3=O)c1. The Morgan fingerprint density at radius 1 is 0.871 bits per heavy atom. The van der Waals surface area contributed by atoms with Gasteiger partial charge in [-0.1, -0.05) is 30.3 Å². The number of phenols is 1. The summed E-state index contributed by atoms with van der Waals surface area (Å²) >= 11 is 0. The van der Waals surface area contributed by atoms with E-state index in [-0.39, 0.29) is 33.8 Å². The van der Waals surface area contributed by atoms with Gasteiger partial charge in [0.15, 0.2) is 11.6 Å². The van der Waals surface area contributed by atoms with Crippen LogP contribution in [0.1, 0.15) is 31.8 Å². The minimum Gasteiger partial charge on any atom is -0.507 e. The molecule has 3 aromatic carbocycles. The summed E-state index contributed by atoms with van der Waals surface area (Å²) in [6.07, 6.45) is 0. The third-order valence-electron chi connectivity index (χ3n) is 4.82. The van der Waals surface area contributed by atoms with Gasteiger partial charge in [0.2, 0.25) is 0 Å². The van der Waals surface area contributed by atoms with Gasteiger partial charge >= 0.3 is 10.3 Å². The van der Waals surface area contributed by atoms with Crippen LogP contribution in [0, 0.1) is 0 Å². The molecule has 1 aliphatic rings. The molecule has 4 rings (SSSR count). The third kappa shape index (κ3) is 3.65. The molecule has 0 amide bonds. The number of aromatic hydroxyl groups is 1. The van der Waals surface area contributed by atoms with E-state index in [4.69, 9.17) is 4.18 Å². The fraction of sp³-hybridized carbons (Fsp3) is 0.0909. The van der Waals surface area contributed by atoms with Crippen LogP contribution < -0.4 is 9.50 Å². The molecule has 0 aromatic heterocycles. The van der Waals surface area contributed by atoms with Crippen molar-refractivity contribution < 1.29 is 27.3 Å². The molecule has 0 bridgehead atoms. The van der Waals surface area contributed by atoms with Crippen LogP contribution in [0.25, 0.3) is 0 Å². The van der Waals surface area contributed by atoms with Crippen molar-refractivity contribution in [2.45, 2.75) is 0 Å². The van der Waals surface area contributed by atoms with E-state index in [1.807, 2.05) is 0 Å². The molecule has 0 heterocycles. The Morgan fingerprint density at radius 3 is 2.16 bits per heavy atom. The van der Waals surface area contributed by atoms with Crippen LogP contribution in [-0.4, -0.2) is 43.5 Å². The van der Waals surface area contributed by atoms with Gasteiger partial charge in [-0.05, 0) is 24.3 Å². The van der Waals surface area contributed by atoms with E-state index in [1.165, 1.54) is 38.4 Å². The number of ketones is 2. The van der Waals surface area contributed by atoms with E-state index in [9.17, 15) is 23.1 Å². The molecule has 8 nitrogen and oxygen atoms in total. The van der Waals surface area contributed by atoms with Crippen LogP contribution in [0.5, 0.6) is 11.5 Å². The molecule has 0 atom stereocenters. The molecular weight excluding hydrogens is 420 g/mol. The molecule has 9 heteroatoms. The second-order valence-corrected chi connectivity index (χ2v) is 8.81. The van der Waals surface area contributed by atoms with Crippen molar-refractivity contribution in [3.63, 3.8) is 0 Å². The number of benzene rings is 3. The lowest BCUT2D eigenvalue weighted by Crippen LogP contribution is -2.27. The molecule has 0 saturated heterocycles. The lowest BCUT2D eigenvalue weighted by Gasteiger charge is -2.21. The Balaban J connectivity index is 1.75. The minimum absolute atomic E-state index is 0.0518. The van der Waals surface area contributed by atoms with Gasteiger partial charge in [0.1, 0.15) is 11.5 Å². The molecule has 0 spiro atoms. The maximum atomic E-state index is 13.1. The minimum atomic E-state index is -3.94. The van der Waals surface area contributed by atoms with E-state index in [0.29, 0.717) is 11.4 Å². The Hall–Kier alpha value is -3.69. The summed E-state index contributed by atoms with van der Waals surface area (Å²) in [7, 11) is -1.24. The molecule has 0 saturated carbocycles. The first kappa shape index (κ1) is 20.6. The zero-order valence-electron chi connectivity index (χ0n) is 16.6. The van der Waals surface area contributed by atoms with Crippen LogP contribution in [-0.2, 0) is 10.3 Å². The third-order valence-corrected chi connectivity index (χ3v) is 6.11. The number of carbonyl (C=O) groups excluding carboxylic acids is 2. The molecule has 0 radical (unpaired) electrons. The maximum absolute atomic E-state index is 13.1. The number of carbonyl (C=O) groups is 2. The second kappa shape index (κ2) is 7.53. The summed E-state index contributed by atoms with van der Waals surface area (Å²) in [6.45, 7) is 0. The molecule has 1 aliphatic carbocycles. The highest BCUT2D eigenvalue weighted by Crippen LogP contribution is 2.38. The van der Waals surface area contributed by atoms with Crippen molar-refractivity contribution in [1.29, 1.82) is 0 Å². The number of nitrogens with zero attached hydrogens (tertiary/aromatic N) is 1. The average molecular weight is 438 g/mol. The zero-order chi connectivity index (χ0) is 22.3. The smallest absolute Gasteiger partial charge is 0.384 e. The highest BCUT2D eigenvalue weighted by molar-refractivity contribution is 7.84. The van der Waals surface area contributed by atoms with Crippen molar-refractivity contribution in [2.24, 2.45) is 0 Å². The molecule has 2 N–H and O–H groups in total. The van der Waals surface area contributed by atoms with Crippen LogP contribution in [0.4, 0.5) is 11.4 Å². The average Bonchev–Trinajstić information content (AvgIpc) is 2.73. The number of anilines is 2. The number of rotatable bonds is 5. The van der Waals surface area contributed by atoms with Gasteiger partial charge in [0.05, 0.1) is 16.8 Å². The predicted octanol–water partition coefficient (Wildman–Crippen LogP) is 3.10. The summed E-state index contributed by atoms with van der Waals surface area (Å²) in [4.78, 5) is 26.1. The van der Waals surface area contributed by atoms with Crippen molar-refractivity contribution in [3.8, 4) is 11.5 Å². The molecular formula is C22H18N2O6S. The van der Waals surface area contributed by atoms with Gasteiger partial charge in [-0.3, -0.25) is 9.59 Å². The van der Waals surface area contributed by atoms with Gasteiger partial charge in [0.25, 0.3) is 0 Å². The molecule has 0 fully saturated rings. The Morgan fingerprint density at radius 2 is 1.52 bits per heavy atom. The number of hydrogen-bond donors (Lipinski definition) is 2. The second-order valence-electron chi connectivity index (χ2n) is 7.06. The summed E-state index contributed by atoms with van der Waals surface area (Å²) in [5.74, 6) is -1.06. The fourth-order valence-corrected chi connectivity index (χ4v) is 3.78.